The van der Waals surface area contributed by atoms with E-state index in [4.69, 9.17) is 10.5 Å². The van der Waals surface area contributed by atoms with Gasteiger partial charge in [-0.25, -0.2) is 12.8 Å². The van der Waals surface area contributed by atoms with E-state index >= 15 is 0 Å². The number of hydrogen-bond donors (Lipinski definition) is 1. The van der Waals surface area contributed by atoms with E-state index in [0.717, 1.165) is 24.5 Å². The van der Waals surface area contributed by atoms with Crippen LogP contribution in [-0.4, -0.2) is 20.4 Å². The number of halogens is 1. The maximum Gasteiger partial charge on any atom is 0.237 e. The van der Waals surface area contributed by atoms with Crippen molar-refractivity contribution in [2.45, 2.75) is 4.90 Å². The van der Waals surface area contributed by atoms with Gasteiger partial charge in [0.2, 0.25) is 5.71 Å². The highest BCUT2D eigenvalue weighted by atomic mass is 32.2. The van der Waals surface area contributed by atoms with Gasteiger partial charge in [0.05, 0.1) is 10.6 Å². The van der Waals surface area contributed by atoms with Gasteiger partial charge in [-0.1, -0.05) is 0 Å². The molecule has 1 aromatic carbocycles. The van der Waals surface area contributed by atoms with E-state index < -0.39 is 21.4 Å². The third-order valence-corrected chi connectivity index (χ3v) is 3.00. The summed E-state index contributed by atoms with van der Waals surface area (Å²) in [6, 6.07) is 5.92. The monoisotopic (exact) mass is 266 g/mol. The van der Waals surface area contributed by atoms with Gasteiger partial charge in [0.15, 0.2) is 9.84 Å². The standard InChI is InChI=1S/C10H7FN4O2S/c1-18(16,17)10-3-2-7(11)4-9(10)15-14-8(5-12)6-13/h2-4,15H,1H3. The normalized spacial score (nSPS) is 10.0. The first-order chi connectivity index (χ1) is 8.38. The molecule has 0 unspecified atom stereocenters. The summed E-state index contributed by atoms with van der Waals surface area (Å²) >= 11 is 0. The molecule has 0 atom stereocenters. The predicted octanol–water partition coefficient (Wildman–Crippen LogP) is 1.04. The first-order valence-electron chi connectivity index (χ1n) is 4.52. The molecule has 0 fully saturated rings. The van der Waals surface area contributed by atoms with Crippen LogP contribution in [0.5, 0.6) is 0 Å². The number of hydrogen-bond acceptors (Lipinski definition) is 6. The van der Waals surface area contributed by atoms with Crippen molar-refractivity contribution in [3.8, 4) is 12.1 Å². The lowest BCUT2D eigenvalue weighted by atomic mass is 10.3. The van der Waals surface area contributed by atoms with Crippen molar-refractivity contribution < 1.29 is 12.8 Å². The van der Waals surface area contributed by atoms with E-state index in [1.807, 2.05) is 0 Å². The topological polar surface area (TPSA) is 106 Å². The van der Waals surface area contributed by atoms with Crippen LogP contribution in [0.25, 0.3) is 0 Å². The molecule has 0 saturated carbocycles. The lowest BCUT2D eigenvalue weighted by Gasteiger charge is -2.06. The summed E-state index contributed by atoms with van der Waals surface area (Å²) in [5.74, 6) is -0.671. The predicted molar refractivity (Wildman–Crippen MR) is 61.8 cm³/mol. The minimum absolute atomic E-state index is 0.138. The lowest BCUT2D eigenvalue weighted by Crippen LogP contribution is -2.04. The summed E-state index contributed by atoms with van der Waals surface area (Å²) in [4.78, 5) is -0.178. The van der Waals surface area contributed by atoms with Crippen molar-refractivity contribution in [2.24, 2.45) is 5.10 Å². The molecule has 0 aliphatic heterocycles. The van der Waals surface area contributed by atoms with Crippen molar-refractivity contribution >= 4 is 21.2 Å². The Labute approximate surface area is 103 Å². The lowest BCUT2D eigenvalue weighted by molar-refractivity contribution is 0.600. The first-order valence-corrected chi connectivity index (χ1v) is 6.41. The van der Waals surface area contributed by atoms with Gasteiger partial charge in [0, 0.05) is 12.3 Å². The van der Waals surface area contributed by atoms with Crippen molar-refractivity contribution in [3.63, 3.8) is 0 Å². The number of nitrogens with one attached hydrogen (secondary N) is 1. The van der Waals surface area contributed by atoms with Crippen LogP contribution in [0.15, 0.2) is 28.2 Å². The van der Waals surface area contributed by atoms with E-state index in [0.29, 0.717) is 0 Å². The van der Waals surface area contributed by atoms with E-state index in [2.05, 4.69) is 10.5 Å². The molecular formula is C10H7FN4O2S. The molecule has 0 spiro atoms. The molecule has 92 valence electrons. The van der Waals surface area contributed by atoms with Crippen LogP contribution in [0.1, 0.15) is 0 Å². The zero-order valence-electron chi connectivity index (χ0n) is 9.18. The van der Waals surface area contributed by atoms with Gasteiger partial charge in [-0.2, -0.15) is 15.6 Å². The maximum atomic E-state index is 13.0. The molecule has 1 rings (SSSR count). The maximum absolute atomic E-state index is 13.0. The van der Waals surface area contributed by atoms with Crippen molar-refractivity contribution in [1.29, 1.82) is 10.5 Å². The Balaban J connectivity index is 3.26. The molecule has 0 aromatic heterocycles. The first kappa shape index (κ1) is 13.6. The highest BCUT2D eigenvalue weighted by molar-refractivity contribution is 7.90. The number of rotatable bonds is 3. The molecule has 6 nitrogen and oxygen atoms in total. The second-order valence-corrected chi connectivity index (χ2v) is 5.19. The van der Waals surface area contributed by atoms with Crippen LogP contribution in [0, 0.1) is 28.5 Å². The van der Waals surface area contributed by atoms with Gasteiger partial charge in [-0.15, -0.1) is 0 Å². The Morgan fingerprint density at radius 3 is 2.50 bits per heavy atom. The van der Waals surface area contributed by atoms with Crippen LogP contribution in [0.3, 0.4) is 0 Å². The number of anilines is 1. The van der Waals surface area contributed by atoms with Crippen molar-refractivity contribution in [1.82, 2.24) is 0 Å². The molecule has 1 aromatic rings. The number of sulfone groups is 1. The molecule has 0 heterocycles. The highest BCUT2D eigenvalue weighted by Crippen LogP contribution is 2.22. The molecule has 8 heteroatoms. The molecule has 0 bridgehead atoms. The fraction of sp³-hybridized carbons (Fsp3) is 0.100. The summed E-state index contributed by atoms with van der Waals surface area (Å²) in [6.45, 7) is 0. The third kappa shape index (κ3) is 3.27. The second-order valence-electron chi connectivity index (χ2n) is 3.21. The van der Waals surface area contributed by atoms with E-state index in [1.165, 1.54) is 12.1 Å². The molecule has 0 aliphatic rings. The van der Waals surface area contributed by atoms with Gasteiger partial charge in [-0.05, 0) is 12.1 Å². The zero-order valence-corrected chi connectivity index (χ0v) is 9.99. The minimum atomic E-state index is -3.58. The van der Waals surface area contributed by atoms with Crippen LogP contribution in [0.4, 0.5) is 10.1 Å². The van der Waals surface area contributed by atoms with Crippen LogP contribution >= 0.6 is 0 Å². The molecule has 0 saturated heterocycles. The minimum Gasteiger partial charge on any atom is -0.275 e. The van der Waals surface area contributed by atoms with Crippen LogP contribution in [-0.2, 0) is 9.84 Å². The second kappa shape index (κ2) is 5.25. The van der Waals surface area contributed by atoms with Crippen molar-refractivity contribution in [3.05, 3.63) is 24.0 Å². The van der Waals surface area contributed by atoms with Gasteiger partial charge < -0.3 is 0 Å². The molecule has 1 N–H and O–H groups in total. The summed E-state index contributed by atoms with van der Waals surface area (Å²) in [6.07, 6.45) is 0.949. The summed E-state index contributed by atoms with van der Waals surface area (Å²) < 4.78 is 35.8. The molecule has 18 heavy (non-hydrogen) atoms. The number of hydrazone groups is 1. The van der Waals surface area contributed by atoms with Gasteiger partial charge in [0.25, 0.3) is 0 Å². The van der Waals surface area contributed by atoms with Gasteiger partial charge >= 0.3 is 0 Å². The highest BCUT2D eigenvalue weighted by Gasteiger charge is 2.14. The SMILES string of the molecule is CS(=O)(=O)c1ccc(F)cc1NN=C(C#N)C#N. The van der Waals surface area contributed by atoms with E-state index in [-0.39, 0.29) is 10.6 Å². The third-order valence-electron chi connectivity index (χ3n) is 1.84. The average molecular weight is 266 g/mol. The Hall–Kier alpha value is -2.45. The average Bonchev–Trinajstić information content (AvgIpc) is 2.28. The van der Waals surface area contributed by atoms with Gasteiger partial charge in [-0.3, -0.25) is 5.43 Å². The Kier molecular flexibility index (Phi) is 3.97. The van der Waals surface area contributed by atoms with Crippen LogP contribution in [0.2, 0.25) is 0 Å². The summed E-state index contributed by atoms with van der Waals surface area (Å²) in [5.41, 5.74) is 1.55. The summed E-state index contributed by atoms with van der Waals surface area (Å²) in [7, 11) is -3.58. The van der Waals surface area contributed by atoms with Crippen LogP contribution < -0.4 is 5.43 Å². The van der Waals surface area contributed by atoms with Gasteiger partial charge in [0.1, 0.15) is 18.0 Å². The smallest absolute Gasteiger partial charge is 0.237 e. The van der Waals surface area contributed by atoms with E-state index in [1.54, 1.807) is 0 Å². The number of benzene rings is 1. The fourth-order valence-electron chi connectivity index (χ4n) is 1.10. The number of nitriles is 2. The Morgan fingerprint density at radius 2 is 2.00 bits per heavy atom. The fourth-order valence-corrected chi connectivity index (χ4v) is 1.92. The Morgan fingerprint density at radius 1 is 1.39 bits per heavy atom. The van der Waals surface area contributed by atoms with E-state index in [9.17, 15) is 12.8 Å². The van der Waals surface area contributed by atoms with Crippen molar-refractivity contribution in [2.75, 3.05) is 11.7 Å². The molecule has 0 aliphatic carbocycles. The molecule has 0 amide bonds. The largest absolute Gasteiger partial charge is 0.275 e. The Bertz CT molecular complexity index is 667. The zero-order chi connectivity index (χ0) is 13.8. The molecule has 0 radical (unpaired) electrons. The number of nitrogens with zero attached hydrogens (tertiary/aromatic N) is 3. The quantitative estimate of drug-likeness (QED) is 0.500. The summed E-state index contributed by atoms with van der Waals surface area (Å²) in [5, 5.41) is 20.3. The molecular weight excluding hydrogens is 259 g/mol.